The summed E-state index contributed by atoms with van der Waals surface area (Å²) in [6.07, 6.45) is 1.23. The molecule has 0 saturated carbocycles. The molecule has 0 radical (unpaired) electrons. The normalized spacial score (nSPS) is 17.0. The van der Waals surface area contributed by atoms with E-state index in [1.807, 2.05) is 19.1 Å². The van der Waals surface area contributed by atoms with Crippen LogP contribution >= 0.6 is 0 Å². The third-order valence-electron chi connectivity index (χ3n) is 5.64. The molecule has 33 heavy (non-hydrogen) atoms. The molecule has 0 spiro atoms. The smallest absolute Gasteiger partial charge is 0.246 e. The molecular weight excluding hydrogens is 444 g/mol. The number of methoxy groups -OCH3 is 1. The van der Waals surface area contributed by atoms with Gasteiger partial charge in [-0.2, -0.15) is 9.29 Å². The highest BCUT2D eigenvalue weighted by atomic mass is 32.2. The zero-order valence-corrected chi connectivity index (χ0v) is 19.3. The Kier molecular flexibility index (Phi) is 6.75. The Morgan fingerprint density at radius 1 is 1.18 bits per heavy atom. The van der Waals surface area contributed by atoms with Gasteiger partial charge in [-0.25, -0.2) is 8.42 Å². The van der Waals surface area contributed by atoms with Gasteiger partial charge in [0.1, 0.15) is 5.75 Å². The highest BCUT2D eigenvalue weighted by Crippen LogP contribution is 2.24. The summed E-state index contributed by atoms with van der Waals surface area (Å²) in [5, 5.41) is 6.74. The van der Waals surface area contributed by atoms with Gasteiger partial charge in [0.2, 0.25) is 27.6 Å². The van der Waals surface area contributed by atoms with Gasteiger partial charge in [0.25, 0.3) is 0 Å². The highest BCUT2D eigenvalue weighted by Gasteiger charge is 2.33. The largest absolute Gasteiger partial charge is 0.497 e. The summed E-state index contributed by atoms with van der Waals surface area (Å²) in [4.78, 5) is 17.3. The number of hydrogen-bond acceptors (Lipinski definition) is 7. The van der Waals surface area contributed by atoms with Crippen molar-refractivity contribution in [1.29, 1.82) is 0 Å². The summed E-state index contributed by atoms with van der Waals surface area (Å²) in [7, 11) is -2.05. The average molecular weight is 471 g/mol. The molecule has 1 aromatic heterocycles. The molecule has 1 saturated heterocycles. The van der Waals surface area contributed by atoms with Crippen LogP contribution in [0.25, 0.3) is 11.4 Å². The van der Waals surface area contributed by atoms with Crippen LogP contribution in [0.3, 0.4) is 0 Å². The summed E-state index contributed by atoms with van der Waals surface area (Å²) >= 11 is 0. The van der Waals surface area contributed by atoms with Gasteiger partial charge in [-0.1, -0.05) is 22.9 Å². The molecule has 0 bridgehead atoms. The average Bonchev–Trinajstić information content (AvgIpc) is 3.32. The molecule has 174 valence electrons. The molecule has 0 aliphatic carbocycles. The number of carbonyl (C=O) groups is 1. The van der Waals surface area contributed by atoms with Gasteiger partial charge in [-0.3, -0.25) is 4.79 Å². The van der Waals surface area contributed by atoms with Gasteiger partial charge < -0.3 is 14.6 Å². The van der Waals surface area contributed by atoms with Crippen molar-refractivity contribution in [2.75, 3.05) is 20.2 Å². The molecule has 2 heterocycles. The fourth-order valence-corrected chi connectivity index (χ4v) is 5.25. The molecule has 1 amide bonds. The van der Waals surface area contributed by atoms with Crippen LogP contribution < -0.4 is 10.1 Å². The summed E-state index contributed by atoms with van der Waals surface area (Å²) in [6.45, 7) is 2.52. The van der Waals surface area contributed by atoms with Crippen molar-refractivity contribution in [2.24, 2.45) is 5.92 Å². The predicted molar refractivity (Wildman–Crippen MR) is 121 cm³/mol. The van der Waals surface area contributed by atoms with Crippen molar-refractivity contribution in [1.82, 2.24) is 19.8 Å². The fraction of sp³-hybridized carbons (Fsp3) is 0.348. The maximum absolute atomic E-state index is 13.0. The molecule has 9 nitrogen and oxygen atoms in total. The molecule has 4 rings (SSSR count). The number of aromatic nitrogens is 2. The first-order chi connectivity index (χ1) is 15.9. The van der Waals surface area contributed by atoms with Gasteiger partial charge >= 0.3 is 0 Å². The van der Waals surface area contributed by atoms with Crippen LogP contribution in [0, 0.1) is 12.8 Å². The van der Waals surface area contributed by atoms with E-state index in [9.17, 15) is 13.2 Å². The Bertz CT molecular complexity index is 1210. The molecule has 10 heteroatoms. The topological polar surface area (TPSA) is 115 Å². The highest BCUT2D eigenvalue weighted by molar-refractivity contribution is 7.89. The molecular formula is C23H26N4O5S. The second-order valence-corrected chi connectivity index (χ2v) is 9.91. The van der Waals surface area contributed by atoms with Crippen LogP contribution in [0.2, 0.25) is 0 Å². The zero-order valence-electron chi connectivity index (χ0n) is 18.5. The number of benzene rings is 2. The van der Waals surface area contributed by atoms with Crippen molar-refractivity contribution < 1.29 is 22.5 Å². The van der Waals surface area contributed by atoms with Crippen LogP contribution in [-0.2, 0) is 21.4 Å². The lowest BCUT2D eigenvalue weighted by Gasteiger charge is -2.31. The van der Waals surface area contributed by atoms with Crippen molar-refractivity contribution >= 4 is 15.9 Å². The molecule has 1 N–H and O–H groups in total. The van der Waals surface area contributed by atoms with Crippen LogP contribution in [-0.4, -0.2) is 49.0 Å². The maximum atomic E-state index is 13.0. The van der Waals surface area contributed by atoms with E-state index < -0.39 is 15.9 Å². The predicted octanol–water partition coefficient (Wildman–Crippen LogP) is 2.77. The molecule has 0 unspecified atom stereocenters. The SMILES string of the molecule is COc1ccc(-c2noc(CNC(=O)[C@@H]3CCCN(S(=O)(=O)c4ccc(C)cc4)C3)n2)cc1. The minimum atomic E-state index is -3.64. The number of nitrogens with one attached hydrogen (secondary N) is 1. The van der Waals surface area contributed by atoms with Gasteiger partial charge in [0.05, 0.1) is 24.5 Å². The van der Waals surface area contributed by atoms with E-state index >= 15 is 0 Å². The first-order valence-electron chi connectivity index (χ1n) is 10.7. The Morgan fingerprint density at radius 3 is 2.61 bits per heavy atom. The fourth-order valence-electron chi connectivity index (χ4n) is 3.73. The molecule has 1 atom stereocenters. The van der Waals surface area contributed by atoms with E-state index in [4.69, 9.17) is 9.26 Å². The molecule has 3 aromatic rings. The molecule has 2 aromatic carbocycles. The number of nitrogens with zero attached hydrogens (tertiary/aromatic N) is 3. The van der Waals surface area contributed by atoms with E-state index in [0.29, 0.717) is 25.2 Å². The number of amides is 1. The molecule has 1 aliphatic heterocycles. The summed E-state index contributed by atoms with van der Waals surface area (Å²) in [5.41, 5.74) is 1.75. The lowest BCUT2D eigenvalue weighted by Crippen LogP contribution is -2.45. The second kappa shape index (κ2) is 9.72. The van der Waals surface area contributed by atoms with Crippen LogP contribution in [0.15, 0.2) is 57.9 Å². The lowest BCUT2D eigenvalue weighted by molar-refractivity contribution is -0.126. The monoisotopic (exact) mass is 470 g/mol. The molecule has 1 aliphatic rings. The number of sulfonamides is 1. The van der Waals surface area contributed by atoms with E-state index in [2.05, 4.69) is 15.5 Å². The Hall–Kier alpha value is -3.24. The van der Waals surface area contributed by atoms with E-state index in [0.717, 1.165) is 16.9 Å². The summed E-state index contributed by atoms with van der Waals surface area (Å²) in [5.74, 6) is 0.732. The van der Waals surface area contributed by atoms with E-state index in [1.165, 1.54) is 4.31 Å². The zero-order chi connectivity index (χ0) is 23.4. The van der Waals surface area contributed by atoms with Gasteiger partial charge in [-0.15, -0.1) is 0 Å². The Morgan fingerprint density at radius 2 is 1.91 bits per heavy atom. The second-order valence-electron chi connectivity index (χ2n) is 7.97. The maximum Gasteiger partial charge on any atom is 0.246 e. The summed E-state index contributed by atoms with van der Waals surface area (Å²) in [6, 6.07) is 14.0. The van der Waals surface area contributed by atoms with Crippen molar-refractivity contribution in [3.63, 3.8) is 0 Å². The number of rotatable bonds is 7. The Balaban J connectivity index is 1.36. The number of piperidine rings is 1. The lowest BCUT2D eigenvalue weighted by atomic mass is 9.99. The summed E-state index contributed by atoms with van der Waals surface area (Å²) < 4.78 is 37.7. The number of carbonyl (C=O) groups excluding carboxylic acids is 1. The van der Waals surface area contributed by atoms with Crippen LogP contribution in [0.1, 0.15) is 24.3 Å². The first-order valence-corrected chi connectivity index (χ1v) is 12.1. The third-order valence-corrected chi connectivity index (χ3v) is 7.52. The van der Waals surface area contributed by atoms with Crippen molar-refractivity contribution in [3.8, 4) is 17.1 Å². The van der Waals surface area contributed by atoms with Crippen molar-refractivity contribution in [2.45, 2.75) is 31.2 Å². The van der Waals surface area contributed by atoms with Gasteiger partial charge in [0.15, 0.2) is 0 Å². The van der Waals surface area contributed by atoms with Crippen LogP contribution in [0.4, 0.5) is 0 Å². The minimum Gasteiger partial charge on any atom is -0.497 e. The molecule has 1 fully saturated rings. The van der Waals surface area contributed by atoms with Gasteiger partial charge in [-0.05, 0) is 56.2 Å². The quantitative estimate of drug-likeness (QED) is 0.565. The first kappa shape index (κ1) is 22.9. The number of hydrogen-bond donors (Lipinski definition) is 1. The number of ether oxygens (including phenoxy) is 1. The standard InChI is InChI=1S/C23H26N4O5S/c1-16-5-11-20(12-6-16)33(29,30)27-13-3-4-18(15-27)23(28)24-14-21-25-22(26-32-21)17-7-9-19(31-2)10-8-17/h5-12,18H,3-4,13-15H2,1-2H3,(H,24,28)/t18-/m1/s1. The van der Waals surface area contributed by atoms with E-state index in [-0.39, 0.29) is 29.8 Å². The Labute approximate surface area is 192 Å². The van der Waals surface area contributed by atoms with Gasteiger partial charge in [0, 0.05) is 18.7 Å². The minimum absolute atomic E-state index is 0.0726. The van der Waals surface area contributed by atoms with Crippen LogP contribution in [0.5, 0.6) is 5.75 Å². The van der Waals surface area contributed by atoms with E-state index in [1.54, 1.807) is 43.5 Å². The number of aryl methyl sites for hydroxylation is 1. The van der Waals surface area contributed by atoms with Crippen molar-refractivity contribution in [3.05, 3.63) is 60.0 Å². The third kappa shape index (κ3) is 5.23.